The molecular weight excluding hydrogens is 310 g/mol. The predicted molar refractivity (Wildman–Crippen MR) is 96.9 cm³/mol. The monoisotopic (exact) mass is 337 g/mol. The molecule has 1 atom stereocenters. The molecule has 1 aromatic rings. The SMILES string of the molecule is CSCCC(N)C(=O)N(C)Cc1ccccc1N1CCOCC1. The van der Waals surface area contributed by atoms with E-state index in [4.69, 9.17) is 10.5 Å². The quantitative estimate of drug-likeness (QED) is 0.818. The summed E-state index contributed by atoms with van der Waals surface area (Å²) in [6, 6.07) is 7.85. The van der Waals surface area contributed by atoms with Crippen molar-refractivity contribution in [2.75, 3.05) is 50.3 Å². The van der Waals surface area contributed by atoms with Crippen molar-refractivity contribution in [3.05, 3.63) is 29.8 Å². The second-order valence-electron chi connectivity index (χ2n) is 5.81. The van der Waals surface area contributed by atoms with Gasteiger partial charge in [-0.1, -0.05) is 18.2 Å². The average Bonchev–Trinajstić information content (AvgIpc) is 2.60. The molecule has 0 aromatic heterocycles. The fourth-order valence-electron chi connectivity index (χ4n) is 2.74. The van der Waals surface area contributed by atoms with Crippen LogP contribution in [0.25, 0.3) is 0 Å². The summed E-state index contributed by atoms with van der Waals surface area (Å²) < 4.78 is 5.42. The van der Waals surface area contributed by atoms with Crippen molar-refractivity contribution < 1.29 is 9.53 Å². The summed E-state index contributed by atoms with van der Waals surface area (Å²) in [4.78, 5) is 16.5. The van der Waals surface area contributed by atoms with E-state index in [-0.39, 0.29) is 5.91 Å². The first-order valence-corrected chi connectivity index (χ1v) is 9.43. The Bertz CT molecular complexity index is 506. The number of hydrogen-bond donors (Lipinski definition) is 1. The molecular formula is C17H27N3O2S. The molecule has 128 valence electrons. The Morgan fingerprint density at radius 2 is 2.09 bits per heavy atom. The first-order chi connectivity index (χ1) is 11.1. The molecule has 0 saturated carbocycles. The van der Waals surface area contributed by atoms with E-state index in [1.54, 1.807) is 16.7 Å². The Labute approximate surface area is 143 Å². The van der Waals surface area contributed by atoms with Crippen LogP contribution in [0.3, 0.4) is 0 Å². The van der Waals surface area contributed by atoms with Gasteiger partial charge in [-0.25, -0.2) is 0 Å². The Balaban J connectivity index is 2.02. The zero-order valence-electron chi connectivity index (χ0n) is 14.0. The summed E-state index contributed by atoms with van der Waals surface area (Å²) in [6.07, 6.45) is 2.74. The van der Waals surface area contributed by atoms with Crippen LogP contribution in [0.1, 0.15) is 12.0 Å². The van der Waals surface area contributed by atoms with Crippen LogP contribution < -0.4 is 10.6 Å². The minimum absolute atomic E-state index is 0.0100. The normalized spacial score (nSPS) is 16.2. The summed E-state index contributed by atoms with van der Waals surface area (Å²) in [7, 11) is 1.83. The van der Waals surface area contributed by atoms with Crippen LogP contribution in [0.15, 0.2) is 24.3 Å². The van der Waals surface area contributed by atoms with E-state index in [1.165, 1.54) is 5.69 Å². The van der Waals surface area contributed by atoms with Gasteiger partial charge in [0.05, 0.1) is 19.3 Å². The first kappa shape index (κ1) is 18.1. The molecule has 1 saturated heterocycles. The third-order valence-corrected chi connectivity index (χ3v) is 4.72. The molecule has 0 bridgehead atoms. The molecule has 1 fully saturated rings. The molecule has 1 amide bonds. The van der Waals surface area contributed by atoms with E-state index in [0.29, 0.717) is 6.54 Å². The van der Waals surface area contributed by atoms with Crippen LogP contribution in [0, 0.1) is 0 Å². The van der Waals surface area contributed by atoms with Gasteiger partial charge in [-0.3, -0.25) is 4.79 Å². The summed E-state index contributed by atoms with van der Waals surface area (Å²) in [5, 5.41) is 0. The van der Waals surface area contributed by atoms with Crippen LogP contribution in [0.5, 0.6) is 0 Å². The van der Waals surface area contributed by atoms with E-state index < -0.39 is 6.04 Å². The maximum absolute atomic E-state index is 12.4. The van der Waals surface area contributed by atoms with Crippen molar-refractivity contribution in [2.45, 2.75) is 19.0 Å². The zero-order chi connectivity index (χ0) is 16.7. The zero-order valence-corrected chi connectivity index (χ0v) is 14.8. The Morgan fingerprint density at radius 3 is 2.78 bits per heavy atom. The van der Waals surface area contributed by atoms with Crippen molar-refractivity contribution in [2.24, 2.45) is 5.73 Å². The third kappa shape index (κ3) is 5.12. The van der Waals surface area contributed by atoms with Crippen LogP contribution >= 0.6 is 11.8 Å². The van der Waals surface area contributed by atoms with Gasteiger partial charge in [-0.05, 0) is 30.1 Å². The Morgan fingerprint density at radius 1 is 1.39 bits per heavy atom. The lowest BCUT2D eigenvalue weighted by molar-refractivity contribution is -0.131. The second kappa shape index (κ2) is 9.15. The highest BCUT2D eigenvalue weighted by molar-refractivity contribution is 7.98. The lowest BCUT2D eigenvalue weighted by Crippen LogP contribution is -2.42. The summed E-state index contributed by atoms with van der Waals surface area (Å²) in [5.74, 6) is 0.918. The number of benzene rings is 1. The highest BCUT2D eigenvalue weighted by atomic mass is 32.2. The summed E-state index contributed by atoms with van der Waals surface area (Å²) in [5.41, 5.74) is 8.35. The molecule has 1 unspecified atom stereocenters. The molecule has 1 aromatic carbocycles. The smallest absolute Gasteiger partial charge is 0.239 e. The minimum atomic E-state index is -0.414. The van der Waals surface area contributed by atoms with Crippen LogP contribution in [-0.2, 0) is 16.1 Å². The van der Waals surface area contributed by atoms with Gasteiger partial charge in [-0.2, -0.15) is 11.8 Å². The molecule has 6 heteroatoms. The van der Waals surface area contributed by atoms with Crippen molar-refractivity contribution in [1.29, 1.82) is 0 Å². The van der Waals surface area contributed by atoms with Crippen molar-refractivity contribution in [3.8, 4) is 0 Å². The van der Waals surface area contributed by atoms with Gasteiger partial charge in [0.2, 0.25) is 5.91 Å². The fourth-order valence-corrected chi connectivity index (χ4v) is 3.23. The van der Waals surface area contributed by atoms with Crippen molar-refractivity contribution in [3.63, 3.8) is 0 Å². The van der Waals surface area contributed by atoms with Gasteiger partial charge >= 0.3 is 0 Å². The topological polar surface area (TPSA) is 58.8 Å². The fraction of sp³-hybridized carbons (Fsp3) is 0.588. The highest BCUT2D eigenvalue weighted by Gasteiger charge is 2.20. The molecule has 0 radical (unpaired) electrons. The van der Waals surface area contributed by atoms with Gasteiger partial charge in [0, 0.05) is 32.4 Å². The number of ether oxygens (including phenoxy) is 1. The summed E-state index contributed by atoms with van der Waals surface area (Å²) >= 11 is 1.72. The van der Waals surface area contributed by atoms with Crippen LogP contribution in [0.2, 0.25) is 0 Å². The lowest BCUT2D eigenvalue weighted by Gasteiger charge is -2.31. The Hall–Kier alpha value is -1.24. The number of thioether (sulfide) groups is 1. The molecule has 1 aliphatic rings. The van der Waals surface area contributed by atoms with E-state index in [1.807, 2.05) is 25.4 Å². The number of anilines is 1. The summed E-state index contributed by atoms with van der Waals surface area (Å²) in [6.45, 7) is 3.87. The van der Waals surface area contributed by atoms with Gasteiger partial charge < -0.3 is 20.3 Å². The van der Waals surface area contributed by atoms with E-state index in [2.05, 4.69) is 17.0 Å². The number of likely N-dealkylation sites (N-methyl/N-ethyl adjacent to an activating group) is 1. The molecule has 1 aliphatic heterocycles. The average molecular weight is 337 g/mol. The van der Waals surface area contributed by atoms with E-state index in [9.17, 15) is 4.79 Å². The molecule has 2 N–H and O–H groups in total. The van der Waals surface area contributed by atoms with Crippen molar-refractivity contribution >= 4 is 23.4 Å². The van der Waals surface area contributed by atoms with Gasteiger partial charge in [0.15, 0.2) is 0 Å². The van der Waals surface area contributed by atoms with Gasteiger partial charge in [0.25, 0.3) is 0 Å². The number of hydrogen-bond acceptors (Lipinski definition) is 5. The lowest BCUT2D eigenvalue weighted by atomic mass is 10.1. The molecule has 0 spiro atoms. The highest BCUT2D eigenvalue weighted by Crippen LogP contribution is 2.23. The number of nitrogens with two attached hydrogens (primary N) is 1. The maximum atomic E-state index is 12.4. The molecule has 1 heterocycles. The third-order valence-electron chi connectivity index (χ3n) is 4.08. The Kier molecular flexibility index (Phi) is 7.20. The largest absolute Gasteiger partial charge is 0.378 e. The standard InChI is InChI=1S/C17H27N3O2S/c1-19(17(21)15(18)7-12-23-2)13-14-5-3-4-6-16(14)20-8-10-22-11-9-20/h3-6,15H,7-13,18H2,1-2H3. The van der Waals surface area contributed by atoms with Crippen LogP contribution in [-0.4, -0.2) is 62.2 Å². The number of para-hydroxylation sites is 1. The van der Waals surface area contributed by atoms with E-state index >= 15 is 0 Å². The number of carbonyl (C=O) groups excluding carboxylic acids is 1. The van der Waals surface area contributed by atoms with Crippen molar-refractivity contribution in [1.82, 2.24) is 4.90 Å². The minimum Gasteiger partial charge on any atom is -0.378 e. The van der Waals surface area contributed by atoms with Gasteiger partial charge in [0.1, 0.15) is 0 Å². The van der Waals surface area contributed by atoms with Gasteiger partial charge in [-0.15, -0.1) is 0 Å². The number of nitrogens with zero attached hydrogens (tertiary/aromatic N) is 2. The number of rotatable bonds is 7. The molecule has 2 rings (SSSR count). The second-order valence-corrected chi connectivity index (χ2v) is 6.80. The number of amides is 1. The molecule has 23 heavy (non-hydrogen) atoms. The number of morpholine rings is 1. The molecule has 5 nitrogen and oxygen atoms in total. The predicted octanol–water partition coefficient (Wildman–Crippen LogP) is 1.56. The first-order valence-electron chi connectivity index (χ1n) is 8.03. The van der Waals surface area contributed by atoms with Crippen LogP contribution in [0.4, 0.5) is 5.69 Å². The molecule has 0 aliphatic carbocycles. The van der Waals surface area contributed by atoms with E-state index in [0.717, 1.165) is 44.0 Å². The maximum Gasteiger partial charge on any atom is 0.239 e. The number of carbonyl (C=O) groups is 1.